The highest BCUT2D eigenvalue weighted by molar-refractivity contribution is 6.37. The van der Waals surface area contributed by atoms with Gasteiger partial charge in [0.05, 0.1) is 28.9 Å². The molecule has 26 heavy (non-hydrogen) atoms. The summed E-state index contributed by atoms with van der Waals surface area (Å²) in [6.07, 6.45) is 0. The number of aromatic nitrogens is 1. The fraction of sp³-hybridized carbons (Fsp3) is 0.133. The number of nitrogens with zero attached hydrogens (tertiary/aromatic N) is 1. The van der Waals surface area contributed by atoms with Crippen LogP contribution in [0.5, 0.6) is 5.75 Å². The predicted octanol–water partition coefficient (Wildman–Crippen LogP) is 3.96. The molecule has 0 aliphatic carbocycles. The second kappa shape index (κ2) is 7.00. The molecule has 3 N–H and O–H groups in total. The molecule has 0 unspecified atom stereocenters. The average Bonchev–Trinajstić information content (AvgIpc) is 2.54. The van der Waals surface area contributed by atoms with Crippen LogP contribution in [0.25, 0.3) is 11.3 Å². The average molecular weight is 409 g/mol. The molecule has 0 bridgehead atoms. The summed E-state index contributed by atoms with van der Waals surface area (Å²) in [5.41, 5.74) is 1.68. The normalized spacial score (nSPS) is 10.7. The van der Waals surface area contributed by atoms with E-state index in [-0.39, 0.29) is 0 Å². The number of benzene rings is 1. The van der Waals surface area contributed by atoms with Gasteiger partial charge in [0.1, 0.15) is 10.7 Å². The molecule has 1 aromatic heterocycles. The second-order valence-corrected chi connectivity index (χ2v) is 5.69. The molecule has 0 saturated heterocycles. The van der Waals surface area contributed by atoms with Gasteiger partial charge in [0.25, 0.3) is 0 Å². The van der Waals surface area contributed by atoms with Gasteiger partial charge >= 0.3 is 5.97 Å². The molecular weight excluding hydrogens is 400 g/mol. The van der Waals surface area contributed by atoms with E-state index >= 15 is 0 Å². The summed E-state index contributed by atoms with van der Waals surface area (Å²) in [6.45, 7) is 1.00. The molecule has 0 aliphatic heterocycles. The maximum Gasteiger partial charge on any atom is 0.356 e. The molecule has 138 valence electrons. The Labute approximate surface area is 154 Å². The largest absolute Gasteiger partial charge is 0.492 e. The minimum Gasteiger partial charge on any atom is -0.492 e. The first-order valence-electron chi connectivity index (χ1n) is 6.68. The lowest BCUT2D eigenvalue weighted by Crippen LogP contribution is -2.13. The number of nitrogens with two attached hydrogens (primary N) is 1. The number of pyridine rings is 1. The number of anilines is 1. The van der Waals surface area contributed by atoms with Crippen LogP contribution < -0.4 is 10.5 Å². The number of hydrogen-bond donors (Lipinski definition) is 2. The fourth-order valence-electron chi connectivity index (χ4n) is 2.25. The molecule has 0 atom stereocenters. The second-order valence-electron chi connectivity index (χ2n) is 4.94. The first-order valence-corrected chi connectivity index (χ1v) is 7.43. The molecule has 11 heteroatoms. The predicted molar refractivity (Wildman–Crippen MR) is 87.5 cm³/mol. The van der Waals surface area contributed by atoms with Crippen LogP contribution in [0.2, 0.25) is 10.0 Å². The standard InChI is InChI=1S/C15H9Cl2F3N2O4/c1-3(23)4-6(16)13(15(24)25)22-12(11(4)21)5-8(18)10(20)7(17)14(26-2)9(5)19/h21H2,1-2H3,(H,24,25). The Morgan fingerprint density at radius 2 is 1.69 bits per heavy atom. The smallest absolute Gasteiger partial charge is 0.356 e. The van der Waals surface area contributed by atoms with Crippen molar-refractivity contribution in [2.75, 3.05) is 12.8 Å². The van der Waals surface area contributed by atoms with E-state index in [1.54, 1.807) is 0 Å². The van der Waals surface area contributed by atoms with Gasteiger partial charge in [-0.25, -0.2) is 22.9 Å². The van der Waals surface area contributed by atoms with Gasteiger partial charge in [0, 0.05) is 0 Å². The van der Waals surface area contributed by atoms with E-state index in [1.165, 1.54) is 0 Å². The maximum atomic E-state index is 14.6. The molecule has 2 aromatic rings. The Morgan fingerprint density at radius 3 is 2.15 bits per heavy atom. The summed E-state index contributed by atoms with van der Waals surface area (Å²) in [4.78, 5) is 26.6. The number of carbonyl (C=O) groups excluding carboxylic acids is 1. The number of hydrogen-bond acceptors (Lipinski definition) is 5. The summed E-state index contributed by atoms with van der Waals surface area (Å²) in [5.74, 6) is -8.28. The van der Waals surface area contributed by atoms with Crippen LogP contribution in [0, 0.1) is 17.5 Å². The number of carboxylic acids is 1. The van der Waals surface area contributed by atoms with Crippen molar-refractivity contribution in [3.05, 3.63) is 38.8 Å². The number of aromatic carboxylic acids is 1. The molecule has 6 nitrogen and oxygen atoms in total. The highest BCUT2D eigenvalue weighted by atomic mass is 35.5. The first-order chi connectivity index (χ1) is 12.0. The van der Waals surface area contributed by atoms with Gasteiger partial charge in [-0.1, -0.05) is 23.2 Å². The van der Waals surface area contributed by atoms with E-state index in [0.717, 1.165) is 14.0 Å². The topological polar surface area (TPSA) is 103 Å². The third-order valence-electron chi connectivity index (χ3n) is 3.39. The number of nitrogen functional groups attached to an aromatic ring is 1. The molecule has 0 fully saturated rings. The SMILES string of the molecule is COc1c(F)c(-c2nc(C(=O)O)c(Cl)c(C(C)=O)c2N)c(F)c(F)c1Cl. The van der Waals surface area contributed by atoms with E-state index in [9.17, 15) is 22.8 Å². The fourth-order valence-corrected chi connectivity index (χ4v) is 2.85. The third kappa shape index (κ3) is 2.93. The lowest BCUT2D eigenvalue weighted by molar-refractivity contribution is 0.0691. The van der Waals surface area contributed by atoms with Crippen LogP contribution in [0.3, 0.4) is 0 Å². The van der Waals surface area contributed by atoms with Crippen LogP contribution in [0.4, 0.5) is 18.9 Å². The Morgan fingerprint density at radius 1 is 1.12 bits per heavy atom. The van der Waals surface area contributed by atoms with Crippen molar-refractivity contribution in [3.63, 3.8) is 0 Å². The van der Waals surface area contributed by atoms with Gasteiger partial charge in [-0.3, -0.25) is 4.79 Å². The molecule has 0 amide bonds. The monoisotopic (exact) mass is 408 g/mol. The lowest BCUT2D eigenvalue weighted by atomic mass is 10.0. The van der Waals surface area contributed by atoms with Crippen LogP contribution in [0.15, 0.2) is 0 Å². The summed E-state index contributed by atoms with van der Waals surface area (Å²) in [7, 11) is 0.952. The number of rotatable bonds is 4. The Kier molecular flexibility index (Phi) is 5.33. The molecule has 0 aliphatic rings. The lowest BCUT2D eigenvalue weighted by Gasteiger charge is -2.16. The summed E-state index contributed by atoms with van der Waals surface area (Å²) in [6, 6.07) is 0. The molecule has 1 aromatic carbocycles. The third-order valence-corrected chi connectivity index (χ3v) is 4.10. The Balaban J connectivity index is 3.05. The van der Waals surface area contributed by atoms with E-state index < -0.39 is 73.2 Å². The van der Waals surface area contributed by atoms with Crippen molar-refractivity contribution in [2.24, 2.45) is 0 Å². The zero-order valence-electron chi connectivity index (χ0n) is 13.1. The summed E-state index contributed by atoms with van der Waals surface area (Å²) < 4.78 is 47.6. The minimum absolute atomic E-state index is 0.526. The molecular formula is C15H9Cl2F3N2O4. The number of carbonyl (C=O) groups is 2. The highest BCUT2D eigenvalue weighted by Crippen LogP contribution is 2.42. The number of halogens is 5. The Bertz CT molecular complexity index is 967. The van der Waals surface area contributed by atoms with Gasteiger partial charge < -0.3 is 15.6 Å². The molecule has 2 rings (SSSR count). The Hall–Kier alpha value is -2.52. The highest BCUT2D eigenvalue weighted by Gasteiger charge is 2.31. The van der Waals surface area contributed by atoms with Crippen molar-refractivity contribution in [1.82, 2.24) is 4.98 Å². The number of ketones is 1. The number of ether oxygens (including phenoxy) is 1. The van der Waals surface area contributed by atoms with Gasteiger partial charge in [-0.15, -0.1) is 0 Å². The summed E-state index contributed by atoms with van der Waals surface area (Å²) >= 11 is 11.3. The molecule has 0 radical (unpaired) electrons. The quantitative estimate of drug-likeness (QED) is 0.450. The maximum absolute atomic E-state index is 14.6. The van der Waals surface area contributed by atoms with Crippen molar-refractivity contribution in [1.29, 1.82) is 0 Å². The van der Waals surface area contributed by atoms with Gasteiger partial charge in [0.2, 0.25) is 0 Å². The van der Waals surface area contributed by atoms with Gasteiger partial charge in [-0.2, -0.15) is 0 Å². The van der Waals surface area contributed by atoms with Crippen LogP contribution >= 0.6 is 23.2 Å². The van der Waals surface area contributed by atoms with E-state index in [4.69, 9.17) is 34.0 Å². The molecule has 0 saturated carbocycles. The molecule has 0 spiro atoms. The first kappa shape index (κ1) is 19.8. The van der Waals surface area contributed by atoms with E-state index in [2.05, 4.69) is 9.72 Å². The number of carboxylic acid groups (broad SMARTS) is 1. The van der Waals surface area contributed by atoms with E-state index in [1.807, 2.05) is 0 Å². The zero-order chi connectivity index (χ0) is 19.9. The van der Waals surface area contributed by atoms with Crippen molar-refractivity contribution < 1.29 is 32.6 Å². The van der Waals surface area contributed by atoms with Crippen LogP contribution in [0.1, 0.15) is 27.8 Å². The zero-order valence-corrected chi connectivity index (χ0v) is 14.6. The van der Waals surface area contributed by atoms with Crippen molar-refractivity contribution in [2.45, 2.75) is 6.92 Å². The minimum atomic E-state index is -1.79. The van der Waals surface area contributed by atoms with Gasteiger partial charge in [-0.05, 0) is 6.92 Å². The van der Waals surface area contributed by atoms with Gasteiger partial charge in [0.15, 0.2) is 34.7 Å². The van der Waals surface area contributed by atoms with Crippen LogP contribution in [-0.2, 0) is 0 Å². The number of methoxy groups -OCH3 is 1. The summed E-state index contributed by atoms with van der Waals surface area (Å²) in [5, 5.41) is 7.58. The van der Waals surface area contributed by atoms with Crippen molar-refractivity contribution >= 4 is 40.6 Å². The van der Waals surface area contributed by atoms with Crippen molar-refractivity contribution in [3.8, 4) is 17.0 Å². The molecule has 1 heterocycles. The number of Topliss-reactive ketones (excluding diaryl/α,β-unsaturated/α-hetero) is 1. The van der Waals surface area contributed by atoms with Crippen LogP contribution in [-0.4, -0.2) is 29.0 Å². The van der Waals surface area contributed by atoms with E-state index in [0.29, 0.717) is 0 Å².